The molecule has 2 aromatic heterocycles. The summed E-state index contributed by atoms with van der Waals surface area (Å²) in [7, 11) is -3.30. The number of pyridine rings is 1. The lowest BCUT2D eigenvalue weighted by atomic mass is 10.0. The number of rotatable bonds is 7. The highest BCUT2D eigenvalue weighted by Crippen LogP contribution is 2.38. The fourth-order valence-corrected chi connectivity index (χ4v) is 4.47. The summed E-state index contributed by atoms with van der Waals surface area (Å²) in [5, 5.41) is 5.97. The Labute approximate surface area is 202 Å². The van der Waals surface area contributed by atoms with Gasteiger partial charge in [-0.25, -0.2) is 13.4 Å². The van der Waals surface area contributed by atoms with Crippen LogP contribution in [0.25, 0.3) is 11.3 Å². The lowest BCUT2D eigenvalue weighted by Crippen LogP contribution is -2.40. The molecule has 0 aliphatic carbocycles. The second-order valence-corrected chi connectivity index (χ2v) is 10.6. The molecule has 0 unspecified atom stereocenters. The van der Waals surface area contributed by atoms with Gasteiger partial charge in [0.05, 0.1) is 35.8 Å². The maximum absolute atomic E-state index is 13.2. The monoisotopic (exact) mass is 495 g/mol. The van der Waals surface area contributed by atoms with Crippen molar-refractivity contribution in [2.75, 3.05) is 29.2 Å². The summed E-state index contributed by atoms with van der Waals surface area (Å²) >= 11 is 0. The second-order valence-electron chi connectivity index (χ2n) is 8.38. The zero-order chi connectivity index (χ0) is 25.2. The Hall–Kier alpha value is -3.99. The van der Waals surface area contributed by atoms with E-state index >= 15 is 0 Å². The molecule has 4 rings (SSSR count). The first-order valence-electron chi connectivity index (χ1n) is 10.9. The zero-order valence-electron chi connectivity index (χ0n) is 19.3. The van der Waals surface area contributed by atoms with E-state index in [0.717, 1.165) is 11.9 Å². The van der Waals surface area contributed by atoms with Gasteiger partial charge in [0, 0.05) is 42.7 Å². The Balaban J connectivity index is 1.73. The summed E-state index contributed by atoms with van der Waals surface area (Å²) in [6.07, 6.45) is 2.44. The van der Waals surface area contributed by atoms with E-state index in [1.807, 2.05) is 30.3 Å². The van der Waals surface area contributed by atoms with E-state index in [9.17, 15) is 22.8 Å². The number of H-pyrrole nitrogens is 1. The van der Waals surface area contributed by atoms with Gasteiger partial charge in [0.2, 0.25) is 11.8 Å². The third-order valence-corrected chi connectivity index (χ3v) is 6.42. The Kier molecular flexibility index (Phi) is 6.70. The highest BCUT2D eigenvalue weighted by Gasteiger charge is 2.32. The first-order valence-corrected chi connectivity index (χ1v) is 13.0. The van der Waals surface area contributed by atoms with Crippen LogP contribution in [-0.4, -0.2) is 59.4 Å². The van der Waals surface area contributed by atoms with Gasteiger partial charge in [-0.15, -0.1) is 0 Å². The van der Waals surface area contributed by atoms with Crippen LogP contribution in [0.3, 0.4) is 0 Å². The van der Waals surface area contributed by atoms with E-state index < -0.39 is 15.7 Å². The maximum atomic E-state index is 13.2. The number of carbonyl (C=O) groups excluding carboxylic acids is 3. The minimum atomic E-state index is -3.30. The highest BCUT2D eigenvalue weighted by molar-refractivity contribution is 7.90. The standard InChI is InChI=1S/C24H25N5O5S/c1-15(30)26-20-12-16(8-10-25-20)23-24(27-17-6-4-3-5-7-17)22-18(28-23)13-29(14-19(22)31)21(32)9-11-35(2,33)34/h3-8,10,12,27-28H,9,11,13-14H2,1-2H3,(H,25,26,30). The first kappa shape index (κ1) is 24.1. The second kappa shape index (κ2) is 9.71. The fourth-order valence-electron chi connectivity index (χ4n) is 3.93. The summed E-state index contributed by atoms with van der Waals surface area (Å²) < 4.78 is 22.9. The largest absolute Gasteiger partial charge is 0.355 e. The summed E-state index contributed by atoms with van der Waals surface area (Å²) in [4.78, 5) is 46.1. The number of carbonyl (C=O) groups is 3. The molecular weight excluding hydrogens is 470 g/mol. The molecule has 35 heavy (non-hydrogen) atoms. The van der Waals surface area contributed by atoms with Crippen molar-refractivity contribution >= 4 is 44.6 Å². The van der Waals surface area contributed by atoms with Crippen molar-refractivity contribution in [1.29, 1.82) is 0 Å². The van der Waals surface area contributed by atoms with E-state index in [2.05, 4.69) is 20.6 Å². The van der Waals surface area contributed by atoms with Crippen LogP contribution in [0.1, 0.15) is 29.4 Å². The van der Waals surface area contributed by atoms with Gasteiger partial charge < -0.3 is 20.5 Å². The molecule has 1 aliphatic heterocycles. The third-order valence-electron chi connectivity index (χ3n) is 5.48. The predicted octanol–water partition coefficient (Wildman–Crippen LogP) is 2.74. The SMILES string of the molecule is CC(=O)Nc1cc(-c2[nH]c3c(c2Nc2ccccc2)C(=O)CN(C(=O)CCS(C)(=O)=O)C3)ccn1. The molecule has 0 bridgehead atoms. The summed E-state index contributed by atoms with van der Waals surface area (Å²) in [5.41, 5.74) is 3.59. The number of Topliss-reactive ketones (excluding diaryl/α,β-unsaturated/α-hetero) is 1. The number of hydrogen-bond donors (Lipinski definition) is 3. The number of benzene rings is 1. The molecule has 0 fully saturated rings. The van der Waals surface area contributed by atoms with Gasteiger partial charge in [0.15, 0.2) is 5.78 Å². The van der Waals surface area contributed by atoms with Crippen molar-refractivity contribution in [2.45, 2.75) is 19.9 Å². The minimum Gasteiger partial charge on any atom is -0.355 e. The molecule has 0 radical (unpaired) electrons. The number of fused-ring (bicyclic) bond motifs is 1. The molecule has 2 amide bonds. The average Bonchev–Trinajstić information content (AvgIpc) is 3.16. The quantitative estimate of drug-likeness (QED) is 0.458. The molecule has 0 saturated carbocycles. The lowest BCUT2D eigenvalue weighted by molar-refractivity contribution is -0.131. The number of sulfone groups is 1. The number of aromatic nitrogens is 2. The van der Waals surface area contributed by atoms with Gasteiger partial charge >= 0.3 is 0 Å². The van der Waals surface area contributed by atoms with Crippen LogP contribution in [0.4, 0.5) is 17.2 Å². The molecule has 0 spiro atoms. The van der Waals surface area contributed by atoms with Gasteiger partial charge in [-0.3, -0.25) is 14.4 Å². The normalized spacial score (nSPS) is 13.3. The smallest absolute Gasteiger partial charge is 0.224 e. The number of aromatic amines is 1. The van der Waals surface area contributed by atoms with Gasteiger partial charge in [0.25, 0.3) is 0 Å². The molecule has 182 valence electrons. The molecular formula is C24H25N5O5S. The predicted molar refractivity (Wildman–Crippen MR) is 132 cm³/mol. The molecule has 1 aromatic carbocycles. The van der Waals surface area contributed by atoms with Crippen molar-refractivity contribution in [3.8, 4) is 11.3 Å². The van der Waals surface area contributed by atoms with E-state index in [4.69, 9.17) is 0 Å². The number of hydrogen-bond acceptors (Lipinski definition) is 7. The molecule has 10 nitrogen and oxygen atoms in total. The van der Waals surface area contributed by atoms with Crippen LogP contribution in [0.5, 0.6) is 0 Å². The number of anilines is 3. The van der Waals surface area contributed by atoms with Gasteiger partial charge in [-0.05, 0) is 24.3 Å². The number of nitrogens with zero attached hydrogens (tertiary/aromatic N) is 2. The molecule has 3 heterocycles. The minimum absolute atomic E-state index is 0.136. The number of amides is 2. The lowest BCUT2D eigenvalue weighted by Gasteiger charge is -2.26. The van der Waals surface area contributed by atoms with E-state index in [0.29, 0.717) is 34.0 Å². The first-order chi connectivity index (χ1) is 16.6. The van der Waals surface area contributed by atoms with E-state index in [-0.39, 0.29) is 37.0 Å². The van der Waals surface area contributed by atoms with E-state index in [1.165, 1.54) is 11.8 Å². The van der Waals surface area contributed by atoms with Crippen molar-refractivity contribution in [1.82, 2.24) is 14.9 Å². The summed E-state index contributed by atoms with van der Waals surface area (Å²) in [6.45, 7) is 1.37. The highest BCUT2D eigenvalue weighted by atomic mass is 32.2. The Morgan fingerprint density at radius 1 is 1.14 bits per heavy atom. The Morgan fingerprint density at radius 3 is 2.57 bits per heavy atom. The number of para-hydroxylation sites is 1. The van der Waals surface area contributed by atoms with Crippen LogP contribution in [0, 0.1) is 0 Å². The van der Waals surface area contributed by atoms with Crippen molar-refractivity contribution in [3.05, 3.63) is 59.9 Å². The fraction of sp³-hybridized carbons (Fsp3) is 0.250. The number of nitrogens with one attached hydrogen (secondary N) is 3. The molecule has 11 heteroatoms. The van der Waals surface area contributed by atoms with Crippen LogP contribution in [0.2, 0.25) is 0 Å². The zero-order valence-corrected chi connectivity index (χ0v) is 20.1. The van der Waals surface area contributed by atoms with Crippen molar-refractivity contribution in [3.63, 3.8) is 0 Å². The number of ketones is 1. The summed E-state index contributed by atoms with van der Waals surface area (Å²) in [6, 6.07) is 12.8. The third kappa shape index (κ3) is 5.75. The van der Waals surface area contributed by atoms with Gasteiger partial charge in [-0.1, -0.05) is 18.2 Å². The molecule has 3 N–H and O–H groups in total. The van der Waals surface area contributed by atoms with Gasteiger partial charge in [0.1, 0.15) is 15.7 Å². The van der Waals surface area contributed by atoms with Gasteiger partial charge in [-0.2, -0.15) is 0 Å². The maximum Gasteiger partial charge on any atom is 0.224 e. The van der Waals surface area contributed by atoms with Crippen LogP contribution < -0.4 is 10.6 Å². The van der Waals surface area contributed by atoms with Crippen molar-refractivity contribution in [2.24, 2.45) is 0 Å². The molecule has 0 saturated heterocycles. The molecule has 3 aromatic rings. The Morgan fingerprint density at radius 2 is 1.89 bits per heavy atom. The van der Waals surface area contributed by atoms with Crippen LogP contribution in [-0.2, 0) is 26.0 Å². The van der Waals surface area contributed by atoms with Crippen LogP contribution >= 0.6 is 0 Å². The summed E-state index contributed by atoms with van der Waals surface area (Å²) in [5.74, 6) is -0.849. The van der Waals surface area contributed by atoms with Crippen LogP contribution in [0.15, 0.2) is 48.7 Å². The molecule has 0 atom stereocenters. The van der Waals surface area contributed by atoms with Crippen molar-refractivity contribution < 1.29 is 22.8 Å². The topological polar surface area (TPSA) is 141 Å². The average molecular weight is 496 g/mol. The Bertz CT molecular complexity index is 1400. The molecule has 1 aliphatic rings. The van der Waals surface area contributed by atoms with E-state index in [1.54, 1.807) is 18.3 Å².